The third-order valence-electron chi connectivity index (χ3n) is 2.43. The molecule has 0 spiro atoms. The molecule has 6 heteroatoms. The van der Waals surface area contributed by atoms with Gasteiger partial charge in [0.25, 0.3) is 6.47 Å². The molecule has 0 N–H and O–H groups in total. The number of hydrogen-bond donors (Lipinski definition) is 0. The fraction of sp³-hybridized carbons (Fsp3) is 0.889. The number of ether oxygens (including phenoxy) is 4. The van der Waals surface area contributed by atoms with Crippen LogP contribution in [0.15, 0.2) is 0 Å². The molecule has 0 aliphatic carbocycles. The zero-order chi connectivity index (χ0) is 11.4. The van der Waals surface area contributed by atoms with Crippen molar-refractivity contribution in [2.24, 2.45) is 0 Å². The zero-order valence-electron chi connectivity index (χ0n) is 8.88. The minimum atomic E-state index is -0.448. The van der Waals surface area contributed by atoms with E-state index < -0.39 is 12.4 Å². The third kappa shape index (κ3) is 2.69. The largest absolute Gasteiger partial charge is 0.460 e. The summed E-state index contributed by atoms with van der Waals surface area (Å²) in [7, 11) is 3.09. The van der Waals surface area contributed by atoms with E-state index in [4.69, 9.17) is 18.9 Å². The summed E-state index contributed by atoms with van der Waals surface area (Å²) in [6.07, 6.45) is -1.36. The van der Waals surface area contributed by atoms with Gasteiger partial charge >= 0.3 is 0 Å². The van der Waals surface area contributed by atoms with Gasteiger partial charge in [-0.1, -0.05) is 15.9 Å². The molecule has 1 aliphatic rings. The first-order valence-corrected chi connectivity index (χ1v) is 5.51. The SMILES string of the molecule is CO[C@H]1O[C@@H](C)[C@H](OC)[C@@H](OC=O)[C@@H]1Br. The van der Waals surface area contributed by atoms with Crippen LogP contribution in [0.25, 0.3) is 0 Å². The molecule has 0 aromatic rings. The molecule has 1 heterocycles. The molecule has 5 atom stereocenters. The highest BCUT2D eigenvalue weighted by Crippen LogP contribution is 2.29. The molecule has 1 fully saturated rings. The Morgan fingerprint density at radius 3 is 2.40 bits per heavy atom. The van der Waals surface area contributed by atoms with Gasteiger partial charge in [-0.05, 0) is 6.92 Å². The van der Waals surface area contributed by atoms with Gasteiger partial charge in [-0.2, -0.15) is 0 Å². The first-order valence-electron chi connectivity index (χ1n) is 4.60. The van der Waals surface area contributed by atoms with E-state index in [2.05, 4.69) is 15.9 Å². The maximum atomic E-state index is 10.4. The molecule has 0 radical (unpaired) electrons. The van der Waals surface area contributed by atoms with Crippen LogP contribution in [0, 0.1) is 0 Å². The highest BCUT2D eigenvalue weighted by atomic mass is 79.9. The molecular formula is C9H15BrO5. The van der Waals surface area contributed by atoms with Crippen molar-refractivity contribution in [1.29, 1.82) is 0 Å². The summed E-state index contributed by atoms with van der Waals surface area (Å²) in [4.78, 5) is 10.2. The van der Waals surface area contributed by atoms with Crippen molar-refractivity contribution in [3.05, 3.63) is 0 Å². The second kappa shape index (κ2) is 5.79. The monoisotopic (exact) mass is 282 g/mol. The Bertz CT molecular complexity index is 213. The number of methoxy groups -OCH3 is 2. The number of carbonyl (C=O) groups is 1. The molecule has 5 nitrogen and oxygen atoms in total. The normalized spacial score (nSPS) is 41.2. The van der Waals surface area contributed by atoms with Crippen molar-refractivity contribution in [2.75, 3.05) is 14.2 Å². The van der Waals surface area contributed by atoms with Crippen LogP contribution in [0.5, 0.6) is 0 Å². The summed E-state index contributed by atoms with van der Waals surface area (Å²) in [5.74, 6) is 0. The summed E-state index contributed by atoms with van der Waals surface area (Å²) in [5, 5.41) is 0. The predicted molar refractivity (Wildman–Crippen MR) is 55.8 cm³/mol. The van der Waals surface area contributed by atoms with E-state index in [9.17, 15) is 4.79 Å². The van der Waals surface area contributed by atoms with Crippen LogP contribution in [0.3, 0.4) is 0 Å². The van der Waals surface area contributed by atoms with Crippen molar-refractivity contribution >= 4 is 22.4 Å². The minimum Gasteiger partial charge on any atom is -0.460 e. The fourth-order valence-corrected chi connectivity index (χ4v) is 2.46. The lowest BCUT2D eigenvalue weighted by molar-refractivity contribution is -0.239. The molecule has 0 saturated carbocycles. The second-order valence-corrected chi connectivity index (χ2v) is 4.34. The molecule has 1 aliphatic heterocycles. The van der Waals surface area contributed by atoms with Crippen LogP contribution in [0.4, 0.5) is 0 Å². The number of hydrogen-bond acceptors (Lipinski definition) is 5. The van der Waals surface area contributed by atoms with Gasteiger partial charge in [0.2, 0.25) is 0 Å². The van der Waals surface area contributed by atoms with Crippen LogP contribution in [-0.2, 0) is 23.7 Å². The van der Waals surface area contributed by atoms with Crippen LogP contribution in [0.1, 0.15) is 6.92 Å². The zero-order valence-corrected chi connectivity index (χ0v) is 10.5. The quantitative estimate of drug-likeness (QED) is 0.561. The molecule has 0 aromatic carbocycles. The van der Waals surface area contributed by atoms with Crippen LogP contribution in [-0.4, -0.2) is 50.1 Å². The first kappa shape index (κ1) is 12.9. The van der Waals surface area contributed by atoms with Crippen molar-refractivity contribution < 1.29 is 23.7 Å². The van der Waals surface area contributed by atoms with Gasteiger partial charge in [0.15, 0.2) is 6.29 Å². The van der Waals surface area contributed by atoms with Gasteiger partial charge in [0.05, 0.1) is 6.10 Å². The Kier molecular flexibility index (Phi) is 4.98. The van der Waals surface area contributed by atoms with Crippen molar-refractivity contribution in [3.63, 3.8) is 0 Å². The summed E-state index contributed by atoms with van der Waals surface area (Å²) in [6, 6.07) is 0. The van der Waals surface area contributed by atoms with Crippen molar-refractivity contribution in [3.8, 4) is 0 Å². The molecule has 0 aromatic heterocycles. The topological polar surface area (TPSA) is 54.0 Å². The summed E-state index contributed by atoms with van der Waals surface area (Å²) in [6.45, 7) is 2.26. The highest BCUT2D eigenvalue weighted by Gasteiger charge is 2.45. The van der Waals surface area contributed by atoms with E-state index >= 15 is 0 Å². The van der Waals surface area contributed by atoms with Crippen molar-refractivity contribution in [1.82, 2.24) is 0 Å². The average Bonchev–Trinajstić information content (AvgIpc) is 2.23. The van der Waals surface area contributed by atoms with E-state index in [1.165, 1.54) is 7.11 Å². The lowest BCUT2D eigenvalue weighted by atomic mass is 10.0. The van der Waals surface area contributed by atoms with Crippen molar-refractivity contribution in [2.45, 2.75) is 36.4 Å². The van der Waals surface area contributed by atoms with Gasteiger partial charge in [0, 0.05) is 14.2 Å². The van der Waals surface area contributed by atoms with E-state index in [1.807, 2.05) is 6.92 Å². The molecule has 15 heavy (non-hydrogen) atoms. The molecule has 0 amide bonds. The molecule has 0 unspecified atom stereocenters. The van der Waals surface area contributed by atoms with Gasteiger partial charge in [0.1, 0.15) is 17.0 Å². The Labute approximate surface area is 97.1 Å². The smallest absolute Gasteiger partial charge is 0.293 e. The average molecular weight is 283 g/mol. The molecule has 1 rings (SSSR count). The Morgan fingerprint density at radius 2 is 1.93 bits per heavy atom. The lowest BCUT2D eigenvalue weighted by Gasteiger charge is -2.41. The first-order chi connectivity index (χ1) is 7.15. The number of rotatable bonds is 4. The summed E-state index contributed by atoms with van der Waals surface area (Å²) in [5.41, 5.74) is 0. The second-order valence-electron chi connectivity index (χ2n) is 3.29. The van der Waals surface area contributed by atoms with E-state index in [1.54, 1.807) is 7.11 Å². The van der Waals surface area contributed by atoms with E-state index in [-0.39, 0.29) is 17.0 Å². The van der Waals surface area contributed by atoms with Crippen LogP contribution >= 0.6 is 15.9 Å². The Morgan fingerprint density at radius 1 is 1.27 bits per heavy atom. The standard InChI is InChI=1S/C9H15BrO5/c1-5-7(12-2)8(14-4-11)6(10)9(13-3)15-5/h4-9H,1-3H3/t5-,6-,7-,8-,9-/m0/s1. The van der Waals surface area contributed by atoms with Gasteiger partial charge in [-0.25, -0.2) is 0 Å². The lowest BCUT2D eigenvalue weighted by Crippen LogP contribution is -2.56. The predicted octanol–water partition coefficient (Wildman–Crippen LogP) is 0.698. The Hall–Kier alpha value is -0.170. The maximum absolute atomic E-state index is 10.4. The van der Waals surface area contributed by atoms with Gasteiger partial charge in [-0.3, -0.25) is 4.79 Å². The highest BCUT2D eigenvalue weighted by molar-refractivity contribution is 9.09. The molecular weight excluding hydrogens is 268 g/mol. The van der Waals surface area contributed by atoms with E-state index in [0.717, 1.165) is 0 Å². The number of halogens is 1. The van der Waals surface area contributed by atoms with Crippen LogP contribution < -0.4 is 0 Å². The van der Waals surface area contributed by atoms with Gasteiger partial charge in [-0.15, -0.1) is 0 Å². The number of alkyl halides is 1. The minimum absolute atomic E-state index is 0.196. The third-order valence-corrected chi connectivity index (χ3v) is 3.38. The maximum Gasteiger partial charge on any atom is 0.293 e. The van der Waals surface area contributed by atoms with Crippen LogP contribution in [0.2, 0.25) is 0 Å². The molecule has 88 valence electrons. The molecule has 0 bridgehead atoms. The number of carbonyl (C=O) groups excluding carboxylic acids is 1. The summed E-state index contributed by atoms with van der Waals surface area (Å²) < 4.78 is 20.9. The molecule has 1 saturated heterocycles. The summed E-state index contributed by atoms with van der Waals surface area (Å²) >= 11 is 3.38. The fourth-order valence-electron chi connectivity index (χ4n) is 1.70. The van der Waals surface area contributed by atoms with Gasteiger partial charge < -0.3 is 18.9 Å². The Balaban J connectivity index is 2.77. The van der Waals surface area contributed by atoms with E-state index in [0.29, 0.717) is 6.47 Å².